The summed E-state index contributed by atoms with van der Waals surface area (Å²) in [5.41, 5.74) is 0. The average Bonchev–Trinajstić information content (AvgIpc) is 2.37. The van der Waals surface area contributed by atoms with Crippen molar-refractivity contribution in [3.8, 4) is 0 Å². The molecule has 3 nitrogen and oxygen atoms in total. The fourth-order valence-corrected chi connectivity index (χ4v) is 4.40. The number of hydrogen-bond donors (Lipinski definition) is 0. The Labute approximate surface area is 131 Å². The minimum atomic E-state index is -4.58. The molecule has 0 aliphatic rings. The predicted octanol–water partition coefficient (Wildman–Crippen LogP) is 4.19. The van der Waals surface area contributed by atoms with E-state index in [-0.39, 0.29) is 4.90 Å². The molecular weight excluding hydrogens is 371 g/mol. The summed E-state index contributed by atoms with van der Waals surface area (Å²) < 4.78 is 64.3. The summed E-state index contributed by atoms with van der Waals surface area (Å²) in [6.45, 7) is 1.87. The van der Waals surface area contributed by atoms with E-state index in [0.717, 1.165) is 0 Å². The van der Waals surface area contributed by atoms with Crippen molar-refractivity contribution in [1.29, 1.82) is 0 Å². The summed E-state index contributed by atoms with van der Waals surface area (Å²) >= 11 is 3.13. The van der Waals surface area contributed by atoms with Gasteiger partial charge in [0, 0.05) is 10.5 Å². The summed E-state index contributed by atoms with van der Waals surface area (Å²) in [5.74, 6) is 0. The Hall–Kier alpha value is -0.600. The zero-order chi connectivity index (χ0) is 16.3. The molecule has 120 valence electrons. The van der Waals surface area contributed by atoms with Crippen LogP contribution in [0.25, 0.3) is 0 Å². The highest BCUT2D eigenvalue weighted by atomic mass is 79.9. The second-order valence-electron chi connectivity index (χ2n) is 4.59. The van der Waals surface area contributed by atoms with Gasteiger partial charge in [-0.15, -0.1) is 0 Å². The maximum absolute atomic E-state index is 12.7. The zero-order valence-corrected chi connectivity index (χ0v) is 14.1. The van der Waals surface area contributed by atoms with Crippen LogP contribution in [0.15, 0.2) is 33.6 Å². The van der Waals surface area contributed by atoms with E-state index in [1.165, 1.54) is 18.2 Å². The smallest absolute Gasteiger partial charge is 0.207 e. The summed E-state index contributed by atoms with van der Waals surface area (Å²) in [6.07, 6.45) is -3.94. The Bertz CT molecular complexity index is 571. The minimum Gasteiger partial charge on any atom is -0.207 e. The first kappa shape index (κ1) is 18.4. The van der Waals surface area contributed by atoms with E-state index in [9.17, 15) is 21.6 Å². The topological polar surface area (TPSA) is 37.4 Å². The lowest BCUT2D eigenvalue weighted by Crippen LogP contribution is -2.45. The highest BCUT2D eigenvalue weighted by Crippen LogP contribution is 2.28. The maximum Gasteiger partial charge on any atom is 0.402 e. The fourth-order valence-electron chi connectivity index (χ4n) is 2.05. The Morgan fingerprint density at radius 1 is 1.24 bits per heavy atom. The van der Waals surface area contributed by atoms with Gasteiger partial charge in [0.25, 0.3) is 0 Å². The van der Waals surface area contributed by atoms with Gasteiger partial charge in [-0.3, -0.25) is 0 Å². The maximum atomic E-state index is 12.7. The molecule has 0 amide bonds. The molecule has 0 aliphatic heterocycles. The van der Waals surface area contributed by atoms with Crippen LogP contribution in [0.4, 0.5) is 13.2 Å². The van der Waals surface area contributed by atoms with Crippen molar-refractivity contribution < 1.29 is 21.6 Å². The fraction of sp³-hybridized carbons (Fsp3) is 0.538. The van der Waals surface area contributed by atoms with Gasteiger partial charge in [-0.2, -0.15) is 17.5 Å². The van der Waals surface area contributed by atoms with E-state index in [0.29, 0.717) is 21.6 Å². The van der Waals surface area contributed by atoms with Crippen molar-refractivity contribution in [3.63, 3.8) is 0 Å². The van der Waals surface area contributed by atoms with Crippen LogP contribution in [0.5, 0.6) is 0 Å². The average molecular weight is 388 g/mol. The standard InChI is InChI=1S/C13H17BrF3NO2S/c1-3-11(4-2)18(9-13(15,16)17)21(19,20)12-7-5-6-10(14)8-12/h5-8,11H,3-4,9H2,1-2H3. The van der Waals surface area contributed by atoms with Gasteiger partial charge in [0.05, 0.1) is 4.90 Å². The molecule has 0 atom stereocenters. The molecule has 1 aromatic carbocycles. The Morgan fingerprint density at radius 2 is 1.81 bits per heavy atom. The number of halogens is 4. The molecule has 0 aliphatic carbocycles. The molecular formula is C13H17BrF3NO2S. The molecule has 8 heteroatoms. The summed E-state index contributed by atoms with van der Waals surface area (Å²) in [5, 5.41) is 0. The molecule has 0 aromatic heterocycles. The first-order valence-corrected chi connectivity index (χ1v) is 8.69. The van der Waals surface area contributed by atoms with Crippen LogP contribution in [-0.4, -0.2) is 31.5 Å². The van der Waals surface area contributed by atoms with Crippen molar-refractivity contribution in [2.45, 2.75) is 43.8 Å². The lowest BCUT2D eigenvalue weighted by Gasteiger charge is -2.30. The Morgan fingerprint density at radius 3 is 2.24 bits per heavy atom. The van der Waals surface area contributed by atoms with E-state index in [4.69, 9.17) is 0 Å². The molecule has 0 fully saturated rings. The van der Waals surface area contributed by atoms with E-state index in [2.05, 4.69) is 15.9 Å². The van der Waals surface area contributed by atoms with Crippen LogP contribution in [0.1, 0.15) is 26.7 Å². The Balaban J connectivity index is 3.29. The number of benzene rings is 1. The van der Waals surface area contributed by atoms with Gasteiger partial charge in [0.2, 0.25) is 10.0 Å². The molecule has 0 bridgehead atoms. The first-order valence-electron chi connectivity index (χ1n) is 6.46. The summed E-state index contributed by atoms with van der Waals surface area (Å²) in [7, 11) is -4.20. The number of sulfonamides is 1. The van der Waals surface area contributed by atoms with Crippen molar-refractivity contribution >= 4 is 26.0 Å². The SMILES string of the molecule is CCC(CC)N(CC(F)(F)F)S(=O)(=O)c1cccc(Br)c1. The summed E-state index contributed by atoms with van der Waals surface area (Å²) in [6, 6.07) is 5.02. The number of rotatable bonds is 6. The normalized spacial score (nSPS) is 13.1. The van der Waals surface area contributed by atoms with Gasteiger partial charge in [-0.25, -0.2) is 8.42 Å². The third-order valence-electron chi connectivity index (χ3n) is 3.09. The number of nitrogens with zero attached hydrogens (tertiary/aromatic N) is 1. The van der Waals surface area contributed by atoms with Gasteiger partial charge in [-0.1, -0.05) is 35.8 Å². The van der Waals surface area contributed by atoms with E-state index in [1.54, 1.807) is 19.9 Å². The molecule has 0 saturated carbocycles. The van der Waals surface area contributed by atoms with E-state index in [1.807, 2.05) is 0 Å². The molecule has 0 spiro atoms. The molecule has 0 radical (unpaired) electrons. The second kappa shape index (κ2) is 7.11. The van der Waals surface area contributed by atoms with Crippen molar-refractivity contribution in [3.05, 3.63) is 28.7 Å². The third kappa shape index (κ3) is 4.96. The molecule has 0 saturated heterocycles. The monoisotopic (exact) mass is 387 g/mol. The largest absolute Gasteiger partial charge is 0.402 e. The van der Waals surface area contributed by atoms with Crippen molar-refractivity contribution in [1.82, 2.24) is 4.31 Å². The molecule has 1 aromatic rings. The molecule has 0 heterocycles. The van der Waals surface area contributed by atoms with E-state index >= 15 is 0 Å². The van der Waals surface area contributed by atoms with Gasteiger partial charge in [0.1, 0.15) is 6.54 Å². The highest BCUT2D eigenvalue weighted by molar-refractivity contribution is 9.10. The summed E-state index contributed by atoms with van der Waals surface area (Å²) in [4.78, 5) is -0.145. The van der Waals surface area contributed by atoms with Gasteiger partial charge >= 0.3 is 6.18 Å². The van der Waals surface area contributed by atoms with E-state index < -0.39 is 28.8 Å². The number of hydrogen-bond acceptors (Lipinski definition) is 2. The number of alkyl halides is 3. The molecule has 0 unspecified atom stereocenters. The van der Waals surface area contributed by atoms with Crippen LogP contribution < -0.4 is 0 Å². The van der Waals surface area contributed by atoms with Crippen LogP contribution in [0.3, 0.4) is 0 Å². The minimum absolute atomic E-state index is 0.145. The van der Waals surface area contributed by atoms with Gasteiger partial charge < -0.3 is 0 Å². The van der Waals surface area contributed by atoms with Gasteiger partial charge in [0.15, 0.2) is 0 Å². The van der Waals surface area contributed by atoms with Crippen molar-refractivity contribution in [2.75, 3.05) is 6.54 Å². The lowest BCUT2D eigenvalue weighted by atomic mass is 10.2. The van der Waals surface area contributed by atoms with Crippen LogP contribution in [0.2, 0.25) is 0 Å². The third-order valence-corrected chi connectivity index (χ3v) is 5.48. The van der Waals surface area contributed by atoms with Crippen molar-refractivity contribution in [2.24, 2.45) is 0 Å². The van der Waals surface area contributed by atoms with Crippen LogP contribution >= 0.6 is 15.9 Å². The van der Waals surface area contributed by atoms with Crippen LogP contribution in [-0.2, 0) is 10.0 Å². The molecule has 0 N–H and O–H groups in total. The lowest BCUT2D eigenvalue weighted by molar-refractivity contribution is -0.139. The highest BCUT2D eigenvalue weighted by Gasteiger charge is 2.39. The zero-order valence-electron chi connectivity index (χ0n) is 11.7. The quantitative estimate of drug-likeness (QED) is 0.733. The predicted molar refractivity (Wildman–Crippen MR) is 78.5 cm³/mol. The molecule has 1 rings (SSSR count). The Kier molecular flexibility index (Phi) is 6.24. The molecule has 21 heavy (non-hydrogen) atoms. The van der Waals surface area contributed by atoms with Crippen LogP contribution in [0, 0.1) is 0 Å². The van der Waals surface area contributed by atoms with Gasteiger partial charge in [-0.05, 0) is 31.0 Å². The first-order chi connectivity index (χ1) is 9.61. The second-order valence-corrected chi connectivity index (χ2v) is 7.40.